The standard InChI is InChI=1S/C27H25FN4S/c1-17-10-4-6-13-23(17)31-18(2)16-20(19(31)3)26-25(22-12-8-9-15-29-22)30-27(33)32(26)24-14-7-5-11-21(24)28/h4-16,25-26H,1-3H3,(H,30,33). The summed E-state index contributed by atoms with van der Waals surface area (Å²) >= 11 is 5.75. The van der Waals surface area contributed by atoms with E-state index in [1.54, 1.807) is 18.3 Å². The zero-order chi connectivity index (χ0) is 23.1. The van der Waals surface area contributed by atoms with Crippen LogP contribution in [0.25, 0.3) is 5.69 Å². The van der Waals surface area contributed by atoms with Crippen LogP contribution in [0.15, 0.2) is 79.0 Å². The van der Waals surface area contributed by atoms with Crippen LogP contribution in [0.1, 0.15) is 40.3 Å². The first kappa shape index (κ1) is 21.3. The Kier molecular flexibility index (Phi) is 5.46. The second kappa shape index (κ2) is 8.45. The van der Waals surface area contributed by atoms with Gasteiger partial charge in [-0.25, -0.2) is 4.39 Å². The second-order valence-electron chi connectivity index (χ2n) is 8.40. The average molecular weight is 457 g/mol. The molecule has 0 amide bonds. The first-order valence-electron chi connectivity index (χ1n) is 11.0. The zero-order valence-corrected chi connectivity index (χ0v) is 19.6. The predicted octanol–water partition coefficient (Wildman–Crippen LogP) is 6.11. The molecule has 1 saturated heterocycles. The lowest BCUT2D eigenvalue weighted by molar-refractivity contribution is 0.556. The summed E-state index contributed by atoms with van der Waals surface area (Å²) in [6.45, 7) is 6.33. The van der Waals surface area contributed by atoms with E-state index in [4.69, 9.17) is 12.2 Å². The number of anilines is 1. The first-order valence-corrected chi connectivity index (χ1v) is 11.4. The second-order valence-corrected chi connectivity index (χ2v) is 8.78. The van der Waals surface area contributed by atoms with Gasteiger partial charge in [-0.3, -0.25) is 4.98 Å². The number of benzene rings is 2. The molecule has 2 aromatic carbocycles. The maximum Gasteiger partial charge on any atom is 0.174 e. The Morgan fingerprint density at radius 1 is 0.909 bits per heavy atom. The third-order valence-corrected chi connectivity index (χ3v) is 6.67. The summed E-state index contributed by atoms with van der Waals surface area (Å²) in [5, 5.41) is 3.91. The molecule has 166 valence electrons. The van der Waals surface area contributed by atoms with Crippen molar-refractivity contribution in [2.45, 2.75) is 32.9 Å². The van der Waals surface area contributed by atoms with Crippen LogP contribution in [-0.2, 0) is 0 Å². The van der Waals surface area contributed by atoms with Gasteiger partial charge in [0, 0.05) is 23.3 Å². The van der Waals surface area contributed by atoms with Crippen molar-refractivity contribution in [1.82, 2.24) is 14.9 Å². The van der Waals surface area contributed by atoms with Crippen molar-refractivity contribution < 1.29 is 4.39 Å². The Morgan fingerprint density at radius 2 is 1.61 bits per heavy atom. The topological polar surface area (TPSA) is 33.1 Å². The predicted molar refractivity (Wildman–Crippen MR) is 134 cm³/mol. The van der Waals surface area contributed by atoms with Gasteiger partial charge in [0.25, 0.3) is 0 Å². The van der Waals surface area contributed by atoms with E-state index < -0.39 is 0 Å². The molecule has 0 saturated carbocycles. The zero-order valence-electron chi connectivity index (χ0n) is 18.8. The maximum absolute atomic E-state index is 15.0. The van der Waals surface area contributed by atoms with E-state index in [2.05, 4.69) is 59.9 Å². The Balaban J connectivity index is 1.71. The highest BCUT2D eigenvalue weighted by atomic mass is 32.1. The molecular formula is C27H25FN4S. The molecule has 5 rings (SSSR count). The molecule has 1 aliphatic rings. The molecule has 2 atom stereocenters. The van der Waals surface area contributed by atoms with E-state index >= 15 is 0 Å². The van der Waals surface area contributed by atoms with Gasteiger partial charge in [0.2, 0.25) is 0 Å². The summed E-state index contributed by atoms with van der Waals surface area (Å²) in [6, 6.07) is 22.7. The maximum atomic E-state index is 15.0. The number of aryl methyl sites for hydroxylation is 2. The fraction of sp³-hybridized carbons (Fsp3) is 0.185. The smallest absolute Gasteiger partial charge is 0.174 e. The van der Waals surface area contributed by atoms with Gasteiger partial charge < -0.3 is 14.8 Å². The molecular weight excluding hydrogens is 431 g/mol. The Morgan fingerprint density at radius 3 is 2.30 bits per heavy atom. The number of pyridine rings is 1. The molecule has 0 aliphatic carbocycles. The van der Waals surface area contributed by atoms with Crippen molar-refractivity contribution in [3.63, 3.8) is 0 Å². The van der Waals surface area contributed by atoms with Gasteiger partial charge in [-0.15, -0.1) is 0 Å². The summed E-state index contributed by atoms with van der Waals surface area (Å²) in [4.78, 5) is 6.50. The number of rotatable bonds is 4. The highest BCUT2D eigenvalue weighted by molar-refractivity contribution is 7.80. The van der Waals surface area contributed by atoms with Gasteiger partial charge in [0.1, 0.15) is 5.82 Å². The quantitative estimate of drug-likeness (QED) is 0.376. The molecule has 6 heteroatoms. The van der Waals surface area contributed by atoms with Crippen LogP contribution in [0.4, 0.5) is 10.1 Å². The van der Waals surface area contributed by atoms with E-state index in [0.29, 0.717) is 10.8 Å². The Bertz CT molecular complexity index is 1330. The van der Waals surface area contributed by atoms with E-state index in [9.17, 15) is 4.39 Å². The average Bonchev–Trinajstić information content (AvgIpc) is 3.30. The largest absolute Gasteiger partial charge is 0.351 e. The molecule has 0 spiro atoms. The molecule has 1 aliphatic heterocycles. The van der Waals surface area contributed by atoms with Gasteiger partial charge in [-0.05, 0) is 80.5 Å². The van der Waals surface area contributed by atoms with Crippen LogP contribution in [-0.4, -0.2) is 14.7 Å². The van der Waals surface area contributed by atoms with Gasteiger partial charge >= 0.3 is 0 Å². The molecule has 0 bridgehead atoms. The Labute approximate surface area is 198 Å². The summed E-state index contributed by atoms with van der Waals surface area (Å²) in [6.07, 6.45) is 1.78. The summed E-state index contributed by atoms with van der Waals surface area (Å²) in [7, 11) is 0. The monoisotopic (exact) mass is 456 g/mol. The lowest BCUT2D eigenvalue weighted by Crippen LogP contribution is -2.30. The molecule has 1 N–H and O–H groups in total. The Hall–Kier alpha value is -3.51. The van der Waals surface area contributed by atoms with Gasteiger partial charge in [-0.1, -0.05) is 36.4 Å². The fourth-order valence-electron chi connectivity index (χ4n) is 4.85. The lowest BCUT2D eigenvalue weighted by Gasteiger charge is -2.28. The van der Waals surface area contributed by atoms with Crippen LogP contribution in [0, 0.1) is 26.6 Å². The van der Waals surface area contributed by atoms with Crippen molar-refractivity contribution in [3.8, 4) is 5.69 Å². The third-order valence-electron chi connectivity index (χ3n) is 6.36. The fourth-order valence-corrected chi connectivity index (χ4v) is 5.19. The van der Waals surface area contributed by atoms with Crippen molar-refractivity contribution in [2.24, 2.45) is 0 Å². The van der Waals surface area contributed by atoms with E-state index in [1.807, 2.05) is 35.2 Å². The molecule has 2 unspecified atom stereocenters. The molecule has 3 heterocycles. The van der Waals surface area contributed by atoms with Gasteiger partial charge in [0.15, 0.2) is 5.11 Å². The third kappa shape index (κ3) is 3.60. The number of halogens is 1. The summed E-state index contributed by atoms with van der Waals surface area (Å²) in [5.41, 5.74) is 6.95. The molecule has 4 nitrogen and oxygen atoms in total. The minimum Gasteiger partial charge on any atom is -0.351 e. The van der Waals surface area contributed by atoms with Crippen LogP contribution >= 0.6 is 12.2 Å². The van der Waals surface area contributed by atoms with Crippen LogP contribution in [0.2, 0.25) is 0 Å². The number of aromatic nitrogens is 2. The van der Waals surface area contributed by atoms with E-state index in [-0.39, 0.29) is 17.9 Å². The lowest BCUT2D eigenvalue weighted by atomic mass is 9.96. The summed E-state index contributed by atoms with van der Waals surface area (Å²) in [5.74, 6) is -0.305. The van der Waals surface area contributed by atoms with Crippen LogP contribution in [0.5, 0.6) is 0 Å². The first-order chi connectivity index (χ1) is 16.0. The normalized spacial score (nSPS) is 17.9. The van der Waals surface area contributed by atoms with Crippen molar-refractivity contribution >= 4 is 23.0 Å². The molecule has 1 fully saturated rings. The minimum atomic E-state index is -0.305. The van der Waals surface area contributed by atoms with E-state index in [1.165, 1.54) is 11.6 Å². The molecule has 4 aromatic rings. The minimum absolute atomic E-state index is 0.218. The highest BCUT2D eigenvalue weighted by Gasteiger charge is 2.43. The van der Waals surface area contributed by atoms with E-state index in [0.717, 1.165) is 28.3 Å². The van der Waals surface area contributed by atoms with Crippen LogP contribution in [0.3, 0.4) is 0 Å². The molecule has 2 aromatic heterocycles. The van der Waals surface area contributed by atoms with Gasteiger partial charge in [-0.2, -0.15) is 0 Å². The van der Waals surface area contributed by atoms with Crippen molar-refractivity contribution in [2.75, 3.05) is 4.90 Å². The van der Waals surface area contributed by atoms with Gasteiger partial charge in [0.05, 0.1) is 23.5 Å². The number of thiocarbonyl (C=S) groups is 1. The number of hydrogen-bond donors (Lipinski definition) is 1. The number of para-hydroxylation sites is 2. The highest BCUT2D eigenvalue weighted by Crippen LogP contribution is 2.44. The number of nitrogens with zero attached hydrogens (tertiary/aromatic N) is 3. The number of hydrogen-bond acceptors (Lipinski definition) is 2. The van der Waals surface area contributed by atoms with Crippen LogP contribution < -0.4 is 10.2 Å². The molecule has 0 radical (unpaired) electrons. The van der Waals surface area contributed by atoms with Crippen molar-refractivity contribution in [3.05, 3.63) is 113 Å². The summed E-state index contributed by atoms with van der Waals surface area (Å²) < 4.78 is 17.3. The SMILES string of the molecule is Cc1ccccc1-n1c(C)cc(C2C(c3ccccn3)NC(=S)N2c2ccccc2F)c1C. The van der Waals surface area contributed by atoms with Crippen molar-refractivity contribution in [1.29, 1.82) is 0 Å². The number of nitrogens with one attached hydrogen (secondary N) is 1. The molecule has 33 heavy (non-hydrogen) atoms.